The van der Waals surface area contributed by atoms with Gasteiger partial charge in [0.2, 0.25) is 0 Å². The summed E-state index contributed by atoms with van der Waals surface area (Å²) in [5.74, 6) is 1.40. The number of anilines is 1. The first-order valence-corrected chi connectivity index (χ1v) is 9.19. The molecule has 0 radical (unpaired) electrons. The average molecular weight is 393 g/mol. The maximum absolute atomic E-state index is 12.4. The number of hydrogen-bond acceptors (Lipinski definition) is 7. The Morgan fingerprint density at radius 1 is 1.10 bits per heavy atom. The predicted octanol–water partition coefficient (Wildman–Crippen LogP) is 2.92. The molecule has 0 spiro atoms. The number of non-ortho nitro benzene ring substituents is 1. The number of benzene rings is 1. The SMILES string of the molecule is Cc1cc(N2CCN(C(=O)c3ccco3)CC2)nc(-c2cccc([N+](=O)[O-])c2)n1. The van der Waals surface area contributed by atoms with Gasteiger partial charge in [-0.25, -0.2) is 9.97 Å². The third-order valence-corrected chi connectivity index (χ3v) is 4.78. The van der Waals surface area contributed by atoms with Gasteiger partial charge in [0.15, 0.2) is 11.6 Å². The fraction of sp³-hybridized carbons (Fsp3) is 0.250. The minimum atomic E-state index is -0.435. The lowest BCUT2D eigenvalue weighted by molar-refractivity contribution is -0.384. The highest BCUT2D eigenvalue weighted by molar-refractivity contribution is 5.91. The molecule has 1 aromatic carbocycles. The van der Waals surface area contributed by atoms with Crippen LogP contribution in [0, 0.1) is 17.0 Å². The summed E-state index contributed by atoms with van der Waals surface area (Å²) in [4.78, 5) is 35.9. The van der Waals surface area contributed by atoms with Crippen molar-refractivity contribution in [1.29, 1.82) is 0 Å². The molecule has 0 unspecified atom stereocenters. The quantitative estimate of drug-likeness (QED) is 0.496. The van der Waals surface area contributed by atoms with Crippen LogP contribution in [0.25, 0.3) is 11.4 Å². The summed E-state index contributed by atoms with van der Waals surface area (Å²) in [6.45, 7) is 4.21. The molecule has 1 fully saturated rings. The van der Waals surface area contributed by atoms with Crippen LogP contribution in [-0.2, 0) is 0 Å². The van der Waals surface area contributed by atoms with Gasteiger partial charge in [-0.2, -0.15) is 0 Å². The molecule has 1 amide bonds. The van der Waals surface area contributed by atoms with Crippen LogP contribution in [0.4, 0.5) is 11.5 Å². The van der Waals surface area contributed by atoms with Crippen molar-refractivity contribution in [3.63, 3.8) is 0 Å². The first kappa shape index (κ1) is 18.6. The monoisotopic (exact) mass is 393 g/mol. The smallest absolute Gasteiger partial charge is 0.289 e. The number of piperazine rings is 1. The molecule has 2 aromatic heterocycles. The molecule has 0 saturated carbocycles. The summed E-state index contributed by atoms with van der Waals surface area (Å²) < 4.78 is 5.19. The number of amides is 1. The lowest BCUT2D eigenvalue weighted by Crippen LogP contribution is -2.49. The van der Waals surface area contributed by atoms with Crippen molar-refractivity contribution in [3.8, 4) is 11.4 Å². The highest BCUT2D eigenvalue weighted by Crippen LogP contribution is 2.24. The van der Waals surface area contributed by atoms with Crippen LogP contribution in [0.15, 0.2) is 53.1 Å². The number of nitro benzene ring substituents is 1. The number of carbonyl (C=O) groups excluding carboxylic acids is 1. The van der Waals surface area contributed by atoms with Crippen LogP contribution < -0.4 is 4.90 Å². The molecule has 9 nitrogen and oxygen atoms in total. The minimum Gasteiger partial charge on any atom is -0.459 e. The van der Waals surface area contributed by atoms with Crippen molar-refractivity contribution in [2.24, 2.45) is 0 Å². The van der Waals surface area contributed by atoms with Gasteiger partial charge in [0.25, 0.3) is 11.6 Å². The van der Waals surface area contributed by atoms with Crippen molar-refractivity contribution < 1.29 is 14.1 Å². The van der Waals surface area contributed by atoms with E-state index in [0.717, 1.165) is 11.5 Å². The van der Waals surface area contributed by atoms with Gasteiger partial charge < -0.3 is 14.2 Å². The van der Waals surface area contributed by atoms with Gasteiger partial charge in [-0.15, -0.1) is 0 Å². The van der Waals surface area contributed by atoms with Gasteiger partial charge in [-0.3, -0.25) is 14.9 Å². The Morgan fingerprint density at radius 3 is 2.59 bits per heavy atom. The fourth-order valence-electron chi connectivity index (χ4n) is 3.30. The van der Waals surface area contributed by atoms with Gasteiger partial charge in [0, 0.05) is 55.6 Å². The molecule has 1 saturated heterocycles. The number of nitrogens with zero attached hydrogens (tertiary/aromatic N) is 5. The summed E-state index contributed by atoms with van der Waals surface area (Å²) in [5, 5.41) is 11.1. The second-order valence-corrected chi connectivity index (χ2v) is 6.76. The molecule has 0 atom stereocenters. The highest BCUT2D eigenvalue weighted by Gasteiger charge is 2.25. The standard InChI is InChI=1S/C20H19N5O4/c1-14-12-18(22-19(21-14)15-4-2-5-16(13-15)25(27)28)23-7-9-24(10-8-23)20(26)17-6-3-11-29-17/h2-6,11-13H,7-10H2,1H3. The van der Waals surface area contributed by atoms with E-state index in [2.05, 4.69) is 14.9 Å². The second kappa shape index (κ2) is 7.70. The van der Waals surface area contributed by atoms with Crippen LogP contribution in [0.3, 0.4) is 0 Å². The number of hydrogen-bond donors (Lipinski definition) is 0. The van der Waals surface area contributed by atoms with Crippen LogP contribution in [0.1, 0.15) is 16.2 Å². The maximum Gasteiger partial charge on any atom is 0.289 e. The summed E-state index contributed by atoms with van der Waals surface area (Å²) >= 11 is 0. The Morgan fingerprint density at radius 2 is 1.90 bits per heavy atom. The van der Waals surface area contributed by atoms with E-state index in [9.17, 15) is 14.9 Å². The average Bonchev–Trinajstić information content (AvgIpc) is 3.28. The largest absolute Gasteiger partial charge is 0.459 e. The van der Waals surface area contributed by atoms with E-state index in [1.165, 1.54) is 18.4 Å². The molecule has 9 heteroatoms. The minimum absolute atomic E-state index is 0.000732. The van der Waals surface area contributed by atoms with Crippen LogP contribution in [-0.4, -0.2) is 51.9 Å². The molecule has 0 aliphatic carbocycles. The Hall–Kier alpha value is -3.75. The predicted molar refractivity (Wildman–Crippen MR) is 106 cm³/mol. The van der Waals surface area contributed by atoms with Crippen molar-refractivity contribution in [2.45, 2.75) is 6.92 Å². The van der Waals surface area contributed by atoms with E-state index in [-0.39, 0.29) is 11.6 Å². The third kappa shape index (κ3) is 3.93. The molecule has 1 aliphatic rings. The lowest BCUT2D eigenvalue weighted by atomic mass is 10.2. The summed E-state index contributed by atoms with van der Waals surface area (Å²) in [5.41, 5.74) is 1.36. The molecule has 3 aromatic rings. The number of carbonyl (C=O) groups is 1. The van der Waals surface area contributed by atoms with E-state index in [1.807, 2.05) is 13.0 Å². The topological polar surface area (TPSA) is 106 Å². The number of rotatable bonds is 4. The van der Waals surface area contributed by atoms with Gasteiger partial charge in [-0.1, -0.05) is 12.1 Å². The summed E-state index contributed by atoms with van der Waals surface area (Å²) in [6, 6.07) is 11.5. The zero-order valence-electron chi connectivity index (χ0n) is 15.8. The van der Waals surface area contributed by atoms with Gasteiger partial charge in [0.05, 0.1) is 11.2 Å². The third-order valence-electron chi connectivity index (χ3n) is 4.78. The van der Waals surface area contributed by atoms with Crippen molar-refractivity contribution in [1.82, 2.24) is 14.9 Å². The van der Waals surface area contributed by atoms with E-state index in [0.29, 0.717) is 43.3 Å². The first-order chi connectivity index (χ1) is 14.0. The van der Waals surface area contributed by atoms with Crippen LogP contribution in [0.5, 0.6) is 0 Å². The van der Waals surface area contributed by atoms with Crippen molar-refractivity contribution >= 4 is 17.4 Å². The molecule has 0 N–H and O–H groups in total. The van der Waals surface area contributed by atoms with Gasteiger partial charge in [-0.05, 0) is 19.1 Å². The first-order valence-electron chi connectivity index (χ1n) is 9.19. The maximum atomic E-state index is 12.4. The molecular weight excluding hydrogens is 374 g/mol. The zero-order valence-corrected chi connectivity index (χ0v) is 15.8. The lowest BCUT2D eigenvalue weighted by Gasteiger charge is -2.35. The Kier molecular flexibility index (Phi) is 4.94. The fourth-order valence-corrected chi connectivity index (χ4v) is 3.30. The highest BCUT2D eigenvalue weighted by atomic mass is 16.6. The number of nitro groups is 1. The van der Waals surface area contributed by atoms with E-state index in [1.54, 1.807) is 29.2 Å². The van der Waals surface area contributed by atoms with Crippen LogP contribution >= 0.6 is 0 Å². The molecule has 4 rings (SSSR count). The van der Waals surface area contributed by atoms with Crippen molar-refractivity contribution in [2.75, 3.05) is 31.1 Å². The molecule has 148 valence electrons. The summed E-state index contributed by atoms with van der Waals surface area (Å²) in [6.07, 6.45) is 1.49. The van der Waals surface area contributed by atoms with E-state index >= 15 is 0 Å². The Labute approximate surface area is 166 Å². The number of furan rings is 1. The molecule has 1 aliphatic heterocycles. The van der Waals surface area contributed by atoms with E-state index in [4.69, 9.17) is 4.42 Å². The molecule has 0 bridgehead atoms. The second-order valence-electron chi connectivity index (χ2n) is 6.76. The Balaban J connectivity index is 1.52. The van der Waals surface area contributed by atoms with E-state index < -0.39 is 4.92 Å². The van der Waals surface area contributed by atoms with Gasteiger partial charge >= 0.3 is 0 Å². The molecular formula is C20H19N5O4. The number of aromatic nitrogens is 2. The summed E-state index contributed by atoms with van der Waals surface area (Å²) in [7, 11) is 0. The normalized spacial score (nSPS) is 14.1. The van der Waals surface area contributed by atoms with Crippen molar-refractivity contribution in [3.05, 3.63) is 70.3 Å². The van der Waals surface area contributed by atoms with Gasteiger partial charge in [0.1, 0.15) is 5.82 Å². The zero-order chi connectivity index (χ0) is 20.4. The molecule has 3 heterocycles. The Bertz CT molecular complexity index is 1040. The van der Waals surface area contributed by atoms with Crippen LogP contribution in [0.2, 0.25) is 0 Å². The number of aryl methyl sites for hydroxylation is 1. The molecule has 29 heavy (non-hydrogen) atoms.